The lowest BCUT2D eigenvalue weighted by Gasteiger charge is -2.08. The summed E-state index contributed by atoms with van der Waals surface area (Å²) in [6, 6.07) is 10.4. The van der Waals surface area contributed by atoms with Gasteiger partial charge in [0.1, 0.15) is 5.75 Å². The Hall–Kier alpha value is -2.03. The Labute approximate surface area is 102 Å². The Morgan fingerprint density at radius 3 is 2.53 bits per heavy atom. The molecule has 88 valence electrons. The summed E-state index contributed by atoms with van der Waals surface area (Å²) in [6.45, 7) is 1.78. The molecule has 3 heteroatoms. The van der Waals surface area contributed by atoms with E-state index in [1.54, 1.807) is 43.0 Å². The topological polar surface area (TPSA) is 31.2 Å². The van der Waals surface area contributed by atoms with E-state index >= 15 is 0 Å². The van der Waals surface area contributed by atoms with Crippen LogP contribution in [0.4, 0.5) is 0 Å². The summed E-state index contributed by atoms with van der Waals surface area (Å²) in [6.07, 6.45) is 1.36. The zero-order chi connectivity index (χ0) is 13.1. The smallest absolute Gasteiger partial charge is 0.255 e. The molecule has 0 N–H and O–H groups in total. The molecule has 2 rings (SSSR count). The van der Waals surface area contributed by atoms with Crippen LogP contribution in [0.3, 0.4) is 0 Å². The van der Waals surface area contributed by atoms with Crippen LogP contribution < -0.4 is 10.3 Å². The second-order valence-corrected chi connectivity index (χ2v) is 3.66. The third-order valence-corrected chi connectivity index (χ3v) is 2.62. The number of hydrogen-bond acceptors (Lipinski definition) is 2. The fraction of sp³-hybridized carbons (Fsp3) is 0.214. The highest BCUT2D eigenvalue weighted by atomic mass is 16.5. The van der Waals surface area contributed by atoms with Crippen molar-refractivity contribution >= 4 is 0 Å². The highest BCUT2D eigenvalue weighted by molar-refractivity contribution is 5.38. The number of aromatic nitrogens is 1. The van der Waals surface area contributed by atoms with Crippen LogP contribution >= 0.6 is 0 Å². The number of hydrogen-bond donors (Lipinski definition) is 0. The molecule has 0 aliphatic heterocycles. The zero-order valence-corrected chi connectivity index (χ0v) is 9.88. The van der Waals surface area contributed by atoms with Crippen molar-refractivity contribution in [3.05, 3.63) is 58.5 Å². The van der Waals surface area contributed by atoms with Crippen LogP contribution in [0, 0.1) is 0 Å². The van der Waals surface area contributed by atoms with Crippen LogP contribution in [0.15, 0.2) is 47.4 Å². The van der Waals surface area contributed by atoms with E-state index < -0.39 is 0 Å². The number of pyridine rings is 1. The summed E-state index contributed by atoms with van der Waals surface area (Å²) < 4.78 is 14.3. The Morgan fingerprint density at radius 1 is 1.24 bits per heavy atom. The lowest BCUT2D eigenvalue weighted by atomic mass is 10.2. The Morgan fingerprint density at radius 2 is 1.94 bits per heavy atom. The molecule has 0 aliphatic carbocycles. The van der Waals surface area contributed by atoms with Crippen molar-refractivity contribution in [2.75, 3.05) is 7.11 Å². The van der Waals surface area contributed by atoms with E-state index in [9.17, 15) is 4.79 Å². The van der Waals surface area contributed by atoms with Gasteiger partial charge in [0.25, 0.3) is 5.56 Å². The fourth-order valence-corrected chi connectivity index (χ4v) is 1.62. The summed E-state index contributed by atoms with van der Waals surface area (Å²) in [7, 11) is 1.60. The molecular formula is C14H15NO2. The van der Waals surface area contributed by atoms with E-state index in [4.69, 9.17) is 6.11 Å². The van der Waals surface area contributed by atoms with Gasteiger partial charge in [-0.3, -0.25) is 9.36 Å². The van der Waals surface area contributed by atoms with Gasteiger partial charge in [0.05, 0.1) is 7.11 Å². The Bertz CT molecular complexity index is 587. The monoisotopic (exact) mass is 230 g/mol. The molecule has 2 aromatic rings. The maximum Gasteiger partial charge on any atom is 0.255 e. The van der Waals surface area contributed by atoms with Gasteiger partial charge in [-0.05, 0) is 36.2 Å². The molecule has 0 aliphatic rings. The van der Waals surface area contributed by atoms with Crippen LogP contribution in [0.2, 0.25) is 0 Å². The van der Waals surface area contributed by atoms with Crippen LogP contribution in [-0.2, 0) is 6.40 Å². The highest BCUT2D eigenvalue weighted by Crippen LogP contribution is 2.13. The predicted octanol–water partition coefficient (Wildman–Crippen LogP) is 2.41. The Kier molecular flexibility index (Phi) is 2.91. The third-order valence-electron chi connectivity index (χ3n) is 2.62. The van der Waals surface area contributed by atoms with Crippen LogP contribution in [0.5, 0.6) is 5.75 Å². The Balaban J connectivity index is 2.48. The van der Waals surface area contributed by atoms with E-state index in [0.717, 1.165) is 17.0 Å². The minimum Gasteiger partial charge on any atom is -0.497 e. The van der Waals surface area contributed by atoms with Gasteiger partial charge in [0.2, 0.25) is 0 Å². The molecule has 1 aromatic carbocycles. The normalized spacial score (nSPS) is 12.9. The summed E-state index contributed by atoms with van der Waals surface area (Å²) in [5.74, 6) is 0.747. The quantitative estimate of drug-likeness (QED) is 0.810. The van der Waals surface area contributed by atoms with Gasteiger partial charge in [-0.15, -0.1) is 0 Å². The molecule has 0 amide bonds. The molecule has 0 bridgehead atoms. The molecular weight excluding hydrogens is 214 g/mol. The number of ether oxygens (including phenoxy) is 1. The molecule has 1 unspecified atom stereocenters. The SMILES string of the molecule is [2H]C(C)c1ccc(=O)n(-c2ccc(OC)cc2)c1. The molecule has 0 radical (unpaired) electrons. The van der Waals surface area contributed by atoms with Crippen molar-refractivity contribution in [2.24, 2.45) is 0 Å². The second kappa shape index (κ2) is 4.87. The highest BCUT2D eigenvalue weighted by Gasteiger charge is 2.01. The minimum atomic E-state index is -0.352. The largest absolute Gasteiger partial charge is 0.497 e. The van der Waals surface area contributed by atoms with Crippen molar-refractivity contribution in [3.63, 3.8) is 0 Å². The first-order valence-electron chi connectivity index (χ1n) is 5.99. The van der Waals surface area contributed by atoms with Crippen LogP contribution in [0.1, 0.15) is 13.9 Å². The fourth-order valence-electron chi connectivity index (χ4n) is 1.62. The van der Waals surface area contributed by atoms with E-state index in [-0.39, 0.29) is 12.0 Å². The first-order chi connectivity index (χ1) is 8.61. The van der Waals surface area contributed by atoms with Gasteiger partial charge in [-0.25, -0.2) is 0 Å². The van der Waals surface area contributed by atoms with Crippen molar-refractivity contribution in [1.82, 2.24) is 4.57 Å². The van der Waals surface area contributed by atoms with Crippen molar-refractivity contribution in [3.8, 4) is 11.4 Å². The van der Waals surface area contributed by atoms with E-state index in [2.05, 4.69) is 0 Å². The third kappa shape index (κ3) is 2.38. The zero-order valence-electron chi connectivity index (χ0n) is 10.9. The maximum atomic E-state index is 11.8. The summed E-state index contributed by atoms with van der Waals surface area (Å²) >= 11 is 0. The summed E-state index contributed by atoms with van der Waals surface area (Å²) in [4.78, 5) is 11.8. The molecule has 1 aromatic heterocycles. The van der Waals surface area contributed by atoms with E-state index in [1.165, 1.54) is 6.07 Å². The molecule has 0 saturated carbocycles. The number of methoxy groups -OCH3 is 1. The molecule has 0 fully saturated rings. The predicted molar refractivity (Wildman–Crippen MR) is 68.0 cm³/mol. The van der Waals surface area contributed by atoms with Gasteiger partial charge in [-0.1, -0.05) is 13.0 Å². The van der Waals surface area contributed by atoms with E-state index in [1.807, 2.05) is 12.1 Å². The molecule has 17 heavy (non-hydrogen) atoms. The van der Waals surface area contributed by atoms with Gasteiger partial charge < -0.3 is 4.74 Å². The van der Waals surface area contributed by atoms with Crippen molar-refractivity contribution in [1.29, 1.82) is 0 Å². The molecule has 0 saturated heterocycles. The standard InChI is InChI=1S/C14H15NO2/c1-3-11-4-9-14(16)15(10-11)12-5-7-13(17-2)8-6-12/h4-10H,3H2,1-2H3/i3D. The van der Waals surface area contributed by atoms with Crippen molar-refractivity contribution in [2.45, 2.75) is 13.3 Å². The molecule has 0 spiro atoms. The molecule has 1 atom stereocenters. The van der Waals surface area contributed by atoms with Gasteiger partial charge in [-0.2, -0.15) is 0 Å². The van der Waals surface area contributed by atoms with Gasteiger partial charge >= 0.3 is 0 Å². The molecule has 3 nitrogen and oxygen atoms in total. The average Bonchev–Trinajstić information content (AvgIpc) is 2.39. The summed E-state index contributed by atoms with van der Waals surface area (Å²) in [5, 5.41) is 0. The van der Waals surface area contributed by atoms with E-state index in [0.29, 0.717) is 0 Å². The van der Waals surface area contributed by atoms with Crippen molar-refractivity contribution < 1.29 is 6.11 Å². The number of rotatable bonds is 3. The number of benzene rings is 1. The van der Waals surface area contributed by atoms with Gasteiger partial charge in [0, 0.05) is 19.3 Å². The first-order valence-corrected chi connectivity index (χ1v) is 5.41. The second-order valence-electron chi connectivity index (χ2n) is 3.66. The number of aryl methyl sites for hydroxylation is 1. The number of nitrogens with zero attached hydrogens (tertiary/aromatic N) is 1. The lowest BCUT2D eigenvalue weighted by Crippen LogP contribution is -2.16. The van der Waals surface area contributed by atoms with Crippen LogP contribution in [-0.4, -0.2) is 11.7 Å². The minimum absolute atomic E-state index is 0.107. The lowest BCUT2D eigenvalue weighted by molar-refractivity contribution is 0.414. The maximum absolute atomic E-state index is 11.8. The first kappa shape index (κ1) is 10.1. The summed E-state index contributed by atoms with van der Waals surface area (Å²) in [5.41, 5.74) is 1.47. The molecule has 1 heterocycles. The average molecular weight is 230 g/mol. The van der Waals surface area contributed by atoms with Gasteiger partial charge in [0.15, 0.2) is 0 Å². The van der Waals surface area contributed by atoms with Crippen LogP contribution in [0.25, 0.3) is 5.69 Å².